The van der Waals surface area contributed by atoms with Gasteiger partial charge < -0.3 is 9.84 Å². The van der Waals surface area contributed by atoms with Crippen LogP contribution >= 0.6 is 11.8 Å². The Morgan fingerprint density at radius 3 is 2.62 bits per heavy atom. The molecular formula is C19H30O4S. The first-order valence-corrected chi connectivity index (χ1v) is 10.2. The fraction of sp³-hybridized carbons (Fsp3) is 0.789. The number of esters is 1. The summed E-state index contributed by atoms with van der Waals surface area (Å²) in [5.74, 6) is 3.60. The maximum Gasteiger partial charge on any atom is 0.309 e. The number of aldehydes is 1. The van der Waals surface area contributed by atoms with Crippen LogP contribution in [0.3, 0.4) is 0 Å². The molecule has 2 heterocycles. The number of aliphatic hydroxyl groups is 1. The van der Waals surface area contributed by atoms with Crippen LogP contribution in [-0.4, -0.2) is 41.6 Å². The number of hydrogen-bond acceptors (Lipinski definition) is 5. The number of carbonyl (C=O) groups is 2. The van der Waals surface area contributed by atoms with E-state index < -0.39 is 0 Å². The van der Waals surface area contributed by atoms with E-state index in [1.165, 1.54) is 5.75 Å². The molecule has 0 aromatic rings. The van der Waals surface area contributed by atoms with Crippen molar-refractivity contribution in [3.8, 4) is 0 Å². The van der Waals surface area contributed by atoms with Gasteiger partial charge in [0.25, 0.3) is 0 Å². The van der Waals surface area contributed by atoms with Crippen molar-refractivity contribution in [2.75, 3.05) is 18.1 Å². The fourth-order valence-corrected chi connectivity index (χ4v) is 5.49. The Kier molecular flexibility index (Phi) is 7.35. The maximum absolute atomic E-state index is 11.7. The summed E-state index contributed by atoms with van der Waals surface area (Å²) in [6.45, 7) is 6.52. The number of fused-ring (bicyclic) bond motifs is 1. The fourth-order valence-electron chi connectivity index (χ4n) is 4.64. The number of aliphatic hydroxyl groups excluding tert-OH is 1. The van der Waals surface area contributed by atoms with E-state index in [2.05, 4.69) is 13.8 Å². The molecule has 2 aliphatic heterocycles. The summed E-state index contributed by atoms with van der Waals surface area (Å²) >= 11 is 1.83. The van der Waals surface area contributed by atoms with E-state index in [1.807, 2.05) is 24.8 Å². The number of carbonyl (C=O) groups excluding carboxylic acids is 2. The smallest absolute Gasteiger partial charge is 0.309 e. The third kappa shape index (κ3) is 4.23. The van der Waals surface area contributed by atoms with E-state index in [1.54, 1.807) is 0 Å². The Morgan fingerprint density at radius 2 is 2.12 bits per heavy atom. The van der Waals surface area contributed by atoms with Crippen LogP contribution in [0, 0.1) is 29.6 Å². The molecule has 0 bridgehead atoms. The Bertz CT molecular complexity index is 476. The lowest BCUT2D eigenvalue weighted by Crippen LogP contribution is -2.43. The number of hydrogen-bond donors (Lipinski definition) is 1. The van der Waals surface area contributed by atoms with Gasteiger partial charge in [0.05, 0.1) is 5.92 Å². The molecule has 136 valence electrons. The molecule has 0 unspecified atom stereocenters. The van der Waals surface area contributed by atoms with Gasteiger partial charge >= 0.3 is 5.97 Å². The summed E-state index contributed by atoms with van der Waals surface area (Å²) in [5.41, 5.74) is 0.959. The predicted octanol–water partition coefficient (Wildman–Crippen LogP) is 3.09. The number of rotatable bonds is 3. The van der Waals surface area contributed by atoms with Crippen LogP contribution in [-0.2, 0) is 14.3 Å². The molecule has 1 N–H and O–H groups in total. The molecule has 0 spiro atoms. The summed E-state index contributed by atoms with van der Waals surface area (Å²) in [4.78, 5) is 21.8. The van der Waals surface area contributed by atoms with E-state index in [9.17, 15) is 14.7 Å². The van der Waals surface area contributed by atoms with E-state index in [0.29, 0.717) is 11.8 Å². The highest BCUT2D eigenvalue weighted by molar-refractivity contribution is 7.99. The Labute approximate surface area is 149 Å². The zero-order chi connectivity index (χ0) is 17.7. The highest BCUT2D eigenvalue weighted by atomic mass is 32.2. The first-order chi connectivity index (χ1) is 11.5. The van der Waals surface area contributed by atoms with Gasteiger partial charge in [-0.1, -0.05) is 26.3 Å². The number of thioether (sulfide) groups is 1. The third-order valence-electron chi connectivity index (χ3n) is 5.78. The third-order valence-corrected chi connectivity index (χ3v) is 6.85. The lowest BCUT2D eigenvalue weighted by molar-refractivity contribution is -0.144. The monoisotopic (exact) mass is 354 g/mol. The Hall–Kier alpha value is -0.810. The minimum atomic E-state index is -0.0441. The highest BCUT2D eigenvalue weighted by Gasteiger charge is 2.52. The molecule has 0 aromatic carbocycles. The summed E-state index contributed by atoms with van der Waals surface area (Å²) in [5, 5.41) is 9.59. The second-order valence-corrected chi connectivity index (χ2v) is 8.30. The molecule has 24 heavy (non-hydrogen) atoms. The number of allylic oxidation sites excluding steroid dienone is 1. The molecule has 3 aliphatic rings. The first kappa shape index (κ1) is 19.5. The van der Waals surface area contributed by atoms with Crippen molar-refractivity contribution >= 4 is 24.0 Å². The normalized spacial score (nSPS) is 38.3. The average Bonchev–Trinajstić information content (AvgIpc) is 2.88. The molecule has 1 aliphatic carbocycles. The number of ether oxygens (including phenoxy) is 1. The quantitative estimate of drug-likeness (QED) is 0.623. The highest BCUT2D eigenvalue weighted by Crippen LogP contribution is 2.49. The molecule has 0 radical (unpaired) electrons. The molecule has 6 atom stereocenters. The second-order valence-electron chi connectivity index (χ2n) is 7.20. The number of cyclic esters (lactones) is 1. The maximum atomic E-state index is 11.7. The van der Waals surface area contributed by atoms with Gasteiger partial charge in [-0.15, -0.1) is 0 Å². The van der Waals surface area contributed by atoms with E-state index >= 15 is 0 Å². The van der Waals surface area contributed by atoms with Crippen molar-refractivity contribution in [1.29, 1.82) is 0 Å². The minimum Gasteiger partial charge on any atom is -0.462 e. The van der Waals surface area contributed by atoms with Crippen LogP contribution in [0.25, 0.3) is 0 Å². The van der Waals surface area contributed by atoms with Crippen molar-refractivity contribution in [3.63, 3.8) is 0 Å². The van der Waals surface area contributed by atoms with Gasteiger partial charge in [-0.3, -0.25) is 9.59 Å². The van der Waals surface area contributed by atoms with Crippen LogP contribution in [0.1, 0.15) is 40.0 Å². The van der Waals surface area contributed by atoms with Gasteiger partial charge in [0.15, 0.2) is 0 Å². The SMILES string of the molecule is CC[C@H]1[C@H](CO)[C@@H]2[C@@H](C)OC(=O)[C@@H]2C[C@@H]1C.O=CC1=CCCSC1. The van der Waals surface area contributed by atoms with Crippen molar-refractivity contribution in [3.05, 3.63) is 11.6 Å². The molecule has 1 saturated carbocycles. The second kappa shape index (κ2) is 9.04. The van der Waals surface area contributed by atoms with Gasteiger partial charge in [0.1, 0.15) is 12.4 Å². The van der Waals surface area contributed by atoms with Gasteiger partial charge in [-0.25, -0.2) is 0 Å². The first-order valence-electron chi connectivity index (χ1n) is 9.06. The zero-order valence-electron chi connectivity index (χ0n) is 14.9. The topological polar surface area (TPSA) is 63.6 Å². The molecule has 0 aromatic heterocycles. The Morgan fingerprint density at radius 1 is 1.38 bits per heavy atom. The van der Waals surface area contributed by atoms with Crippen LogP contribution in [0.5, 0.6) is 0 Å². The van der Waals surface area contributed by atoms with Crippen molar-refractivity contribution in [2.45, 2.75) is 46.1 Å². The van der Waals surface area contributed by atoms with Crippen molar-refractivity contribution in [2.24, 2.45) is 29.6 Å². The predicted molar refractivity (Wildman–Crippen MR) is 96.8 cm³/mol. The molecule has 2 fully saturated rings. The summed E-state index contributed by atoms with van der Waals surface area (Å²) in [7, 11) is 0. The molecule has 0 amide bonds. The van der Waals surface area contributed by atoms with Crippen LogP contribution < -0.4 is 0 Å². The van der Waals surface area contributed by atoms with Gasteiger partial charge in [-0.05, 0) is 48.8 Å². The molecule has 5 heteroatoms. The minimum absolute atomic E-state index is 0.0174. The lowest BCUT2D eigenvalue weighted by atomic mass is 9.61. The zero-order valence-corrected chi connectivity index (χ0v) is 15.8. The lowest BCUT2D eigenvalue weighted by Gasteiger charge is -2.42. The summed E-state index contributed by atoms with van der Waals surface area (Å²) in [6, 6.07) is 0. The van der Waals surface area contributed by atoms with Crippen LogP contribution in [0.4, 0.5) is 0 Å². The summed E-state index contributed by atoms with van der Waals surface area (Å²) < 4.78 is 5.33. The Balaban J connectivity index is 0.000000219. The van der Waals surface area contributed by atoms with Crippen molar-refractivity contribution < 1.29 is 19.4 Å². The van der Waals surface area contributed by atoms with Gasteiger partial charge in [-0.2, -0.15) is 11.8 Å². The molecule has 4 nitrogen and oxygen atoms in total. The van der Waals surface area contributed by atoms with Gasteiger partial charge in [0.2, 0.25) is 0 Å². The van der Waals surface area contributed by atoms with Crippen LogP contribution in [0.2, 0.25) is 0 Å². The largest absolute Gasteiger partial charge is 0.462 e. The van der Waals surface area contributed by atoms with Crippen LogP contribution in [0.15, 0.2) is 11.6 Å². The van der Waals surface area contributed by atoms with E-state index in [4.69, 9.17) is 4.74 Å². The average molecular weight is 355 g/mol. The van der Waals surface area contributed by atoms with Crippen molar-refractivity contribution in [1.82, 2.24) is 0 Å². The molecule has 1 saturated heterocycles. The van der Waals surface area contributed by atoms with E-state index in [-0.39, 0.29) is 36.4 Å². The summed E-state index contributed by atoms with van der Waals surface area (Å²) in [6.07, 6.45) is 6.03. The molecular weight excluding hydrogens is 324 g/mol. The van der Waals surface area contributed by atoms with E-state index in [0.717, 1.165) is 36.9 Å². The standard InChI is InChI=1S/C13H22O3.C6H8OS/c1-4-9-7(2)5-10-12(11(9)6-14)8(3)16-13(10)15;7-4-6-2-1-3-8-5-6/h7-12,14H,4-6H2,1-3H3;2,4H,1,3,5H2/t7-,8+,9+,10+,11-,12+;/m0./s1. The van der Waals surface area contributed by atoms with Gasteiger partial charge in [0, 0.05) is 18.3 Å². The molecule has 3 rings (SSSR count).